The highest BCUT2D eigenvalue weighted by Gasteiger charge is 2.39. The summed E-state index contributed by atoms with van der Waals surface area (Å²) in [5.74, 6) is -1.10. The van der Waals surface area contributed by atoms with E-state index in [2.05, 4.69) is 10.2 Å². The number of H-pyrrole nitrogens is 1. The average molecular weight is 295 g/mol. The summed E-state index contributed by atoms with van der Waals surface area (Å²) in [6, 6.07) is 0. The van der Waals surface area contributed by atoms with Gasteiger partial charge in [-0.1, -0.05) is 13.8 Å². The maximum atomic E-state index is 12.2. The molecule has 1 amide bonds. The van der Waals surface area contributed by atoms with Crippen LogP contribution in [0.25, 0.3) is 0 Å². The summed E-state index contributed by atoms with van der Waals surface area (Å²) in [6.45, 7) is 9.89. The lowest BCUT2D eigenvalue weighted by Crippen LogP contribution is -2.47. The molecule has 0 bridgehead atoms. The van der Waals surface area contributed by atoms with E-state index in [4.69, 9.17) is 4.74 Å². The monoisotopic (exact) mass is 295 g/mol. The zero-order valence-electron chi connectivity index (χ0n) is 13.0. The molecule has 7 nitrogen and oxygen atoms in total. The Morgan fingerprint density at radius 3 is 2.52 bits per heavy atom. The number of aromatic carboxylic acids is 1. The van der Waals surface area contributed by atoms with Crippen LogP contribution >= 0.6 is 0 Å². The molecule has 7 heteroatoms. The normalized spacial score (nSPS) is 17.3. The van der Waals surface area contributed by atoms with Crippen LogP contribution in [-0.4, -0.2) is 44.4 Å². The Hall–Kier alpha value is -2.05. The third-order valence-electron chi connectivity index (χ3n) is 3.33. The van der Waals surface area contributed by atoms with Crippen molar-refractivity contribution in [2.45, 2.75) is 52.2 Å². The van der Waals surface area contributed by atoms with Crippen LogP contribution in [0.2, 0.25) is 0 Å². The minimum atomic E-state index is -1.10. The van der Waals surface area contributed by atoms with Crippen LogP contribution in [0.5, 0.6) is 0 Å². The second-order valence-corrected chi connectivity index (χ2v) is 6.95. The molecule has 0 saturated heterocycles. The molecule has 1 aliphatic rings. The molecular weight excluding hydrogens is 274 g/mol. The lowest BCUT2D eigenvalue weighted by molar-refractivity contribution is 0.0170. The molecule has 2 rings (SSSR count). The molecule has 116 valence electrons. The summed E-state index contributed by atoms with van der Waals surface area (Å²) in [7, 11) is 0. The number of rotatable bonds is 1. The lowest BCUT2D eigenvalue weighted by Gasteiger charge is -2.38. The first-order chi connectivity index (χ1) is 9.51. The first-order valence-corrected chi connectivity index (χ1v) is 6.80. The number of ether oxygens (including phenoxy) is 1. The summed E-state index contributed by atoms with van der Waals surface area (Å²) >= 11 is 0. The fourth-order valence-corrected chi connectivity index (χ4v) is 2.51. The number of nitrogens with one attached hydrogen (secondary N) is 1. The standard InChI is InChI=1S/C14H21N3O4/c1-13(2,3)21-12(20)17-6-8-9(11(18)19)15-16-10(8)14(4,5)7-17/h6-7H2,1-5H3,(H,15,16)(H,18,19). The Balaban J connectivity index is 2.33. The van der Waals surface area contributed by atoms with Crippen molar-refractivity contribution in [3.63, 3.8) is 0 Å². The van der Waals surface area contributed by atoms with Crippen molar-refractivity contribution in [3.8, 4) is 0 Å². The molecule has 1 aromatic heterocycles. The number of carbonyl (C=O) groups excluding carboxylic acids is 1. The zero-order valence-corrected chi connectivity index (χ0v) is 13.0. The number of fused-ring (bicyclic) bond motifs is 1. The minimum Gasteiger partial charge on any atom is -0.476 e. The average Bonchev–Trinajstić information content (AvgIpc) is 2.70. The Labute approximate surface area is 123 Å². The number of hydrogen-bond donors (Lipinski definition) is 2. The van der Waals surface area contributed by atoms with E-state index in [0.29, 0.717) is 12.1 Å². The smallest absolute Gasteiger partial charge is 0.410 e. The number of amides is 1. The van der Waals surface area contributed by atoms with Gasteiger partial charge in [0.25, 0.3) is 0 Å². The largest absolute Gasteiger partial charge is 0.476 e. The van der Waals surface area contributed by atoms with Gasteiger partial charge in [-0.25, -0.2) is 9.59 Å². The van der Waals surface area contributed by atoms with Gasteiger partial charge in [-0.05, 0) is 20.8 Å². The zero-order chi connectivity index (χ0) is 16.0. The van der Waals surface area contributed by atoms with Crippen molar-refractivity contribution in [1.82, 2.24) is 15.1 Å². The van der Waals surface area contributed by atoms with Gasteiger partial charge in [0, 0.05) is 23.2 Å². The van der Waals surface area contributed by atoms with Crippen molar-refractivity contribution < 1.29 is 19.4 Å². The van der Waals surface area contributed by atoms with Gasteiger partial charge in [-0.2, -0.15) is 5.10 Å². The first-order valence-electron chi connectivity index (χ1n) is 6.80. The highest BCUT2D eigenvalue weighted by atomic mass is 16.6. The van der Waals surface area contributed by atoms with E-state index in [1.165, 1.54) is 4.90 Å². The molecule has 0 aromatic carbocycles. The van der Waals surface area contributed by atoms with Crippen LogP contribution in [0.4, 0.5) is 4.79 Å². The maximum absolute atomic E-state index is 12.2. The van der Waals surface area contributed by atoms with Crippen molar-refractivity contribution >= 4 is 12.1 Å². The molecule has 0 aliphatic carbocycles. The van der Waals surface area contributed by atoms with E-state index in [-0.39, 0.29) is 12.2 Å². The fourth-order valence-electron chi connectivity index (χ4n) is 2.51. The molecule has 0 unspecified atom stereocenters. The number of carbonyl (C=O) groups is 2. The first kappa shape index (κ1) is 15.3. The molecule has 2 heterocycles. The molecule has 0 saturated carbocycles. The van der Waals surface area contributed by atoms with Crippen LogP contribution in [0.3, 0.4) is 0 Å². The Bertz CT molecular complexity index is 584. The van der Waals surface area contributed by atoms with E-state index in [9.17, 15) is 14.7 Å². The van der Waals surface area contributed by atoms with Crippen molar-refractivity contribution in [1.29, 1.82) is 0 Å². The molecule has 2 N–H and O–H groups in total. The molecule has 21 heavy (non-hydrogen) atoms. The van der Waals surface area contributed by atoms with Gasteiger partial charge in [0.1, 0.15) is 5.60 Å². The van der Waals surface area contributed by atoms with Crippen LogP contribution in [-0.2, 0) is 16.7 Å². The van der Waals surface area contributed by atoms with Gasteiger partial charge in [0.05, 0.1) is 6.54 Å². The van der Waals surface area contributed by atoms with E-state index in [0.717, 1.165) is 5.69 Å². The minimum absolute atomic E-state index is 0.0358. The highest BCUT2D eigenvalue weighted by molar-refractivity contribution is 5.87. The molecule has 1 aliphatic heterocycles. The van der Waals surface area contributed by atoms with Crippen molar-refractivity contribution in [2.24, 2.45) is 0 Å². The molecule has 0 fully saturated rings. The lowest BCUT2D eigenvalue weighted by atomic mass is 9.82. The van der Waals surface area contributed by atoms with E-state index in [1.807, 2.05) is 13.8 Å². The second-order valence-electron chi connectivity index (χ2n) is 6.95. The van der Waals surface area contributed by atoms with E-state index < -0.39 is 23.1 Å². The number of carboxylic acids is 1. The van der Waals surface area contributed by atoms with Crippen LogP contribution in [0.15, 0.2) is 0 Å². The van der Waals surface area contributed by atoms with E-state index >= 15 is 0 Å². The van der Waals surface area contributed by atoms with Crippen LogP contribution < -0.4 is 0 Å². The van der Waals surface area contributed by atoms with Gasteiger partial charge >= 0.3 is 12.1 Å². The van der Waals surface area contributed by atoms with Gasteiger partial charge in [0.2, 0.25) is 0 Å². The number of aromatic nitrogens is 2. The van der Waals surface area contributed by atoms with Crippen molar-refractivity contribution in [3.05, 3.63) is 17.0 Å². The number of hydrogen-bond acceptors (Lipinski definition) is 4. The molecule has 0 radical (unpaired) electrons. The summed E-state index contributed by atoms with van der Waals surface area (Å²) in [5.41, 5.74) is 0.272. The number of carboxylic acid groups (broad SMARTS) is 1. The van der Waals surface area contributed by atoms with E-state index in [1.54, 1.807) is 20.8 Å². The number of nitrogens with zero attached hydrogens (tertiary/aromatic N) is 2. The van der Waals surface area contributed by atoms with Gasteiger partial charge in [-0.3, -0.25) is 5.10 Å². The fraction of sp³-hybridized carbons (Fsp3) is 0.643. The SMILES string of the molecule is CC(C)(C)OC(=O)N1Cc2c(C(=O)O)n[nH]c2C(C)(C)C1. The van der Waals surface area contributed by atoms with Gasteiger partial charge in [-0.15, -0.1) is 0 Å². The topological polar surface area (TPSA) is 95.5 Å². The Morgan fingerprint density at radius 1 is 1.38 bits per heavy atom. The molecule has 1 aromatic rings. The predicted octanol–water partition coefficient (Wildman–Crippen LogP) is 2.14. The summed E-state index contributed by atoms with van der Waals surface area (Å²) in [5, 5.41) is 15.8. The second kappa shape index (κ2) is 4.75. The third kappa shape index (κ3) is 3.01. The molecule has 0 spiro atoms. The quantitative estimate of drug-likeness (QED) is 0.827. The predicted molar refractivity (Wildman–Crippen MR) is 75.2 cm³/mol. The Morgan fingerprint density at radius 2 is 2.00 bits per heavy atom. The van der Waals surface area contributed by atoms with Crippen LogP contribution in [0.1, 0.15) is 56.4 Å². The molecule has 0 atom stereocenters. The third-order valence-corrected chi connectivity index (χ3v) is 3.33. The highest BCUT2D eigenvalue weighted by Crippen LogP contribution is 2.34. The summed E-state index contributed by atoms with van der Waals surface area (Å²) in [6.07, 6.45) is -0.446. The van der Waals surface area contributed by atoms with Gasteiger partial charge < -0.3 is 14.7 Å². The van der Waals surface area contributed by atoms with Gasteiger partial charge in [0.15, 0.2) is 5.69 Å². The van der Waals surface area contributed by atoms with Crippen LogP contribution in [0, 0.1) is 0 Å². The number of aromatic amines is 1. The maximum Gasteiger partial charge on any atom is 0.410 e. The van der Waals surface area contributed by atoms with Crippen molar-refractivity contribution in [2.75, 3.05) is 6.54 Å². The molecular formula is C14H21N3O4. The summed E-state index contributed by atoms with van der Waals surface area (Å²) < 4.78 is 5.37. The summed E-state index contributed by atoms with van der Waals surface area (Å²) in [4.78, 5) is 25.0. The Kier molecular flexibility index (Phi) is 3.47.